The molecule has 2 aliphatic rings. The molecular weight excluding hydrogens is 344 g/mol. The third kappa shape index (κ3) is 3.09. The Kier molecular flexibility index (Phi) is 4.01. The number of nitrogen functional groups attached to an aromatic ring is 1. The van der Waals surface area contributed by atoms with Crippen LogP contribution in [0.3, 0.4) is 0 Å². The van der Waals surface area contributed by atoms with Crippen LogP contribution in [0.4, 0.5) is 10.7 Å². The van der Waals surface area contributed by atoms with Crippen LogP contribution in [0.15, 0.2) is 18.2 Å². The summed E-state index contributed by atoms with van der Waals surface area (Å²) in [6.45, 7) is 7.22. The van der Waals surface area contributed by atoms with Crippen molar-refractivity contribution in [3.63, 3.8) is 0 Å². The number of aromatic nitrogens is 2. The summed E-state index contributed by atoms with van der Waals surface area (Å²) in [6, 6.07) is 6.21. The fourth-order valence-electron chi connectivity index (χ4n) is 4.53. The summed E-state index contributed by atoms with van der Waals surface area (Å²) in [5.41, 5.74) is 7.75. The number of fused-ring (bicyclic) bond motifs is 1. The number of hydrogen-bond donors (Lipinski definition) is 1. The number of anilines is 1. The molecule has 4 rings (SSSR count). The molecule has 1 spiro atoms. The third-order valence-electron chi connectivity index (χ3n) is 5.72. The highest BCUT2D eigenvalue weighted by atomic mass is 16.6. The second-order valence-corrected chi connectivity index (χ2v) is 8.88. The van der Waals surface area contributed by atoms with Crippen LogP contribution in [0.1, 0.15) is 46.1 Å². The van der Waals surface area contributed by atoms with Crippen LogP contribution in [-0.4, -0.2) is 46.3 Å². The van der Waals surface area contributed by atoms with Gasteiger partial charge in [-0.05, 0) is 57.6 Å². The van der Waals surface area contributed by atoms with Crippen molar-refractivity contribution >= 4 is 23.1 Å². The Morgan fingerprint density at radius 1 is 1.33 bits per heavy atom. The van der Waals surface area contributed by atoms with Gasteiger partial charge in [0.2, 0.25) is 5.95 Å². The molecule has 0 bridgehead atoms. The van der Waals surface area contributed by atoms with E-state index in [4.69, 9.17) is 15.2 Å². The molecule has 1 aliphatic heterocycles. The largest absolute Gasteiger partial charge is 0.494 e. The predicted octanol–water partition coefficient (Wildman–Crippen LogP) is 3.59. The molecular formula is C20H28N4O3. The fraction of sp³-hybridized carbons (Fsp3) is 0.600. The summed E-state index contributed by atoms with van der Waals surface area (Å²) >= 11 is 0. The van der Waals surface area contributed by atoms with Crippen LogP contribution in [-0.2, 0) is 4.74 Å². The SMILES string of the molecule is COc1cccc2c1nc(N)n2[C@H]1C[C@@]2(CCN(C(=O)OC(C)(C)C)C2)C1. The second-order valence-electron chi connectivity index (χ2n) is 8.88. The second kappa shape index (κ2) is 6.04. The Balaban J connectivity index is 1.48. The van der Waals surface area contributed by atoms with E-state index < -0.39 is 5.60 Å². The number of benzene rings is 1. The summed E-state index contributed by atoms with van der Waals surface area (Å²) in [5, 5.41) is 0. The van der Waals surface area contributed by atoms with Gasteiger partial charge in [0.15, 0.2) is 0 Å². The van der Waals surface area contributed by atoms with Crippen molar-refractivity contribution in [1.29, 1.82) is 0 Å². The molecule has 27 heavy (non-hydrogen) atoms. The van der Waals surface area contributed by atoms with Gasteiger partial charge in [-0.3, -0.25) is 0 Å². The molecule has 1 amide bonds. The first kappa shape index (κ1) is 17.9. The van der Waals surface area contributed by atoms with E-state index in [0.29, 0.717) is 12.0 Å². The lowest BCUT2D eigenvalue weighted by atomic mass is 9.65. The number of imidazole rings is 1. The van der Waals surface area contributed by atoms with E-state index in [1.807, 2.05) is 43.9 Å². The molecule has 1 aliphatic carbocycles. The van der Waals surface area contributed by atoms with Gasteiger partial charge in [-0.1, -0.05) is 6.07 Å². The highest BCUT2D eigenvalue weighted by Crippen LogP contribution is 2.55. The third-order valence-corrected chi connectivity index (χ3v) is 5.72. The van der Waals surface area contributed by atoms with Gasteiger partial charge in [0.05, 0.1) is 12.6 Å². The number of carbonyl (C=O) groups excluding carboxylic acids is 1. The Hall–Kier alpha value is -2.44. The zero-order chi connectivity index (χ0) is 19.4. The number of ether oxygens (including phenoxy) is 2. The molecule has 2 N–H and O–H groups in total. The zero-order valence-corrected chi connectivity index (χ0v) is 16.5. The van der Waals surface area contributed by atoms with Crippen molar-refractivity contribution in [1.82, 2.24) is 14.5 Å². The van der Waals surface area contributed by atoms with Crippen molar-refractivity contribution in [2.24, 2.45) is 5.41 Å². The summed E-state index contributed by atoms with van der Waals surface area (Å²) in [4.78, 5) is 18.7. The van der Waals surface area contributed by atoms with E-state index in [9.17, 15) is 4.79 Å². The molecule has 1 aromatic carbocycles. The summed E-state index contributed by atoms with van der Waals surface area (Å²) in [7, 11) is 1.64. The molecule has 7 heteroatoms. The van der Waals surface area contributed by atoms with E-state index in [0.717, 1.165) is 49.1 Å². The molecule has 0 atom stereocenters. The van der Waals surface area contributed by atoms with Crippen LogP contribution in [0.2, 0.25) is 0 Å². The number of para-hydroxylation sites is 1. The van der Waals surface area contributed by atoms with Crippen molar-refractivity contribution in [2.75, 3.05) is 25.9 Å². The predicted molar refractivity (Wildman–Crippen MR) is 104 cm³/mol. The van der Waals surface area contributed by atoms with E-state index in [1.165, 1.54) is 0 Å². The molecule has 1 aromatic heterocycles. The Labute approximate surface area is 159 Å². The first-order valence-corrected chi connectivity index (χ1v) is 9.50. The lowest BCUT2D eigenvalue weighted by molar-refractivity contribution is 0.0200. The quantitative estimate of drug-likeness (QED) is 0.871. The van der Waals surface area contributed by atoms with E-state index in [-0.39, 0.29) is 11.5 Å². The molecule has 0 unspecified atom stereocenters. The van der Waals surface area contributed by atoms with Gasteiger partial charge in [0, 0.05) is 19.1 Å². The molecule has 7 nitrogen and oxygen atoms in total. The van der Waals surface area contributed by atoms with Crippen molar-refractivity contribution < 1.29 is 14.3 Å². The summed E-state index contributed by atoms with van der Waals surface area (Å²) in [6.07, 6.45) is 2.80. The average molecular weight is 372 g/mol. The lowest BCUT2D eigenvalue weighted by Crippen LogP contribution is -2.43. The van der Waals surface area contributed by atoms with Crippen LogP contribution in [0.5, 0.6) is 5.75 Å². The summed E-state index contributed by atoms with van der Waals surface area (Å²) in [5.74, 6) is 1.26. The van der Waals surface area contributed by atoms with E-state index in [2.05, 4.69) is 9.55 Å². The maximum Gasteiger partial charge on any atom is 0.410 e. The molecule has 2 aromatic rings. The number of nitrogens with two attached hydrogens (primary N) is 1. The molecule has 1 saturated carbocycles. The number of methoxy groups -OCH3 is 1. The topological polar surface area (TPSA) is 82.6 Å². The minimum Gasteiger partial charge on any atom is -0.494 e. The first-order valence-electron chi connectivity index (χ1n) is 9.50. The van der Waals surface area contributed by atoms with Crippen molar-refractivity contribution in [3.05, 3.63) is 18.2 Å². The molecule has 0 radical (unpaired) electrons. The van der Waals surface area contributed by atoms with E-state index >= 15 is 0 Å². The number of hydrogen-bond acceptors (Lipinski definition) is 5. The summed E-state index contributed by atoms with van der Waals surface area (Å²) < 4.78 is 13.1. The highest BCUT2D eigenvalue weighted by Gasteiger charge is 2.51. The van der Waals surface area contributed by atoms with Gasteiger partial charge in [-0.25, -0.2) is 9.78 Å². The Morgan fingerprint density at radius 2 is 2.07 bits per heavy atom. The first-order chi connectivity index (χ1) is 12.7. The lowest BCUT2D eigenvalue weighted by Gasteiger charge is -2.46. The number of amides is 1. The number of nitrogens with zero attached hydrogens (tertiary/aromatic N) is 3. The fourth-order valence-corrected chi connectivity index (χ4v) is 4.53. The maximum absolute atomic E-state index is 12.4. The molecule has 2 heterocycles. The number of rotatable bonds is 2. The van der Waals surface area contributed by atoms with Crippen molar-refractivity contribution in [3.8, 4) is 5.75 Å². The maximum atomic E-state index is 12.4. The van der Waals surface area contributed by atoms with Gasteiger partial charge in [-0.15, -0.1) is 0 Å². The van der Waals surface area contributed by atoms with Crippen LogP contribution < -0.4 is 10.5 Å². The van der Waals surface area contributed by atoms with Crippen LogP contribution >= 0.6 is 0 Å². The molecule has 146 valence electrons. The standard InChI is InChI=1S/C20H28N4O3/c1-19(2,3)27-18(25)23-9-8-20(12-23)10-13(11-20)24-14-6-5-7-15(26-4)16(14)22-17(24)21/h5-7,13H,8-12H2,1-4H3,(H2,21,22)/t13-,20-. The van der Waals surface area contributed by atoms with Crippen LogP contribution in [0, 0.1) is 5.41 Å². The van der Waals surface area contributed by atoms with Crippen molar-refractivity contribution in [2.45, 2.75) is 51.7 Å². The number of carbonyl (C=O) groups is 1. The number of likely N-dealkylation sites (tertiary alicyclic amines) is 1. The average Bonchev–Trinajstić information content (AvgIpc) is 3.12. The van der Waals surface area contributed by atoms with Gasteiger partial charge in [0.25, 0.3) is 0 Å². The normalized spacial score (nSPS) is 25.0. The highest BCUT2D eigenvalue weighted by molar-refractivity contribution is 5.84. The smallest absolute Gasteiger partial charge is 0.410 e. The van der Waals surface area contributed by atoms with Gasteiger partial charge in [-0.2, -0.15) is 0 Å². The minimum atomic E-state index is -0.460. The van der Waals surface area contributed by atoms with Crippen LogP contribution in [0.25, 0.3) is 11.0 Å². The Bertz CT molecular complexity index is 877. The van der Waals surface area contributed by atoms with Gasteiger partial charge in [0.1, 0.15) is 16.9 Å². The monoisotopic (exact) mass is 372 g/mol. The van der Waals surface area contributed by atoms with Gasteiger partial charge < -0.3 is 24.7 Å². The minimum absolute atomic E-state index is 0.170. The molecule has 1 saturated heterocycles. The zero-order valence-electron chi connectivity index (χ0n) is 16.5. The Morgan fingerprint density at radius 3 is 2.74 bits per heavy atom. The van der Waals surface area contributed by atoms with E-state index in [1.54, 1.807) is 7.11 Å². The van der Waals surface area contributed by atoms with Gasteiger partial charge >= 0.3 is 6.09 Å². The molecule has 2 fully saturated rings.